The molecule has 0 amide bonds. The van der Waals surface area contributed by atoms with E-state index >= 15 is 0 Å². The third kappa shape index (κ3) is 3.04. The van der Waals surface area contributed by atoms with Crippen molar-refractivity contribution in [1.82, 2.24) is 10.3 Å². The molecule has 22 heavy (non-hydrogen) atoms. The summed E-state index contributed by atoms with van der Waals surface area (Å²) >= 11 is 0. The van der Waals surface area contributed by atoms with Gasteiger partial charge in [0.2, 0.25) is 0 Å². The van der Waals surface area contributed by atoms with E-state index in [1.807, 2.05) is 49.5 Å². The lowest BCUT2D eigenvalue weighted by atomic mass is 10.0. The number of hydrogen-bond acceptors (Lipinski definition) is 3. The number of carboxylic acids is 1. The third-order valence-electron chi connectivity index (χ3n) is 3.72. The first-order valence-corrected chi connectivity index (χ1v) is 7.20. The van der Waals surface area contributed by atoms with Gasteiger partial charge in [-0.15, -0.1) is 0 Å². The number of rotatable bonds is 6. The zero-order chi connectivity index (χ0) is 15.5. The van der Waals surface area contributed by atoms with Crippen molar-refractivity contribution in [1.29, 1.82) is 0 Å². The number of nitrogens with one attached hydrogen (secondary N) is 2. The fourth-order valence-corrected chi connectivity index (χ4v) is 2.57. The Balaban J connectivity index is 1.73. The molecule has 3 rings (SSSR count). The van der Waals surface area contributed by atoms with Gasteiger partial charge in [0.15, 0.2) is 0 Å². The van der Waals surface area contributed by atoms with Gasteiger partial charge < -0.3 is 14.5 Å². The molecular formula is C17H18N2O3. The zero-order valence-corrected chi connectivity index (χ0v) is 12.3. The van der Waals surface area contributed by atoms with Crippen LogP contribution in [0.5, 0.6) is 0 Å². The Morgan fingerprint density at radius 2 is 2.14 bits per heavy atom. The maximum atomic E-state index is 11.5. The van der Waals surface area contributed by atoms with Crippen LogP contribution in [-0.4, -0.2) is 22.1 Å². The molecule has 0 aliphatic heterocycles. The molecular weight excluding hydrogens is 280 g/mol. The zero-order valence-electron chi connectivity index (χ0n) is 12.3. The monoisotopic (exact) mass is 298 g/mol. The number of carboxylic acid groups (broad SMARTS) is 1. The number of benzene rings is 1. The standard InChI is InChI=1S/C17H18N2O3/c1-11-6-7-13(22-11)10-19-16(17(20)21)8-12-9-18-15-5-3-2-4-14(12)15/h2-7,9,16,18-19H,8,10H2,1H3,(H,20,21)/t16-/m0/s1. The SMILES string of the molecule is Cc1ccc(CN[C@@H](Cc2c[nH]c3ccccc23)C(=O)O)o1. The van der Waals surface area contributed by atoms with Crippen LogP contribution >= 0.6 is 0 Å². The van der Waals surface area contributed by atoms with Crippen molar-refractivity contribution in [2.75, 3.05) is 0 Å². The first-order chi connectivity index (χ1) is 10.6. The van der Waals surface area contributed by atoms with Gasteiger partial charge in [0, 0.05) is 23.5 Å². The summed E-state index contributed by atoms with van der Waals surface area (Å²) in [5, 5.41) is 13.5. The summed E-state index contributed by atoms with van der Waals surface area (Å²) in [7, 11) is 0. The van der Waals surface area contributed by atoms with E-state index in [1.165, 1.54) is 0 Å². The molecule has 3 N–H and O–H groups in total. The summed E-state index contributed by atoms with van der Waals surface area (Å²) in [6, 6.07) is 10.9. The van der Waals surface area contributed by atoms with Gasteiger partial charge in [0.25, 0.3) is 0 Å². The Morgan fingerprint density at radius 3 is 2.86 bits per heavy atom. The van der Waals surface area contributed by atoms with E-state index < -0.39 is 12.0 Å². The van der Waals surface area contributed by atoms with Crippen LogP contribution in [0.15, 0.2) is 47.0 Å². The Hall–Kier alpha value is -2.53. The van der Waals surface area contributed by atoms with Crippen molar-refractivity contribution in [2.24, 2.45) is 0 Å². The molecule has 0 saturated heterocycles. The van der Waals surface area contributed by atoms with E-state index in [9.17, 15) is 9.90 Å². The van der Waals surface area contributed by atoms with Gasteiger partial charge in [0.05, 0.1) is 6.54 Å². The van der Waals surface area contributed by atoms with Crippen molar-refractivity contribution in [3.63, 3.8) is 0 Å². The van der Waals surface area contributed by atoms with E-state index in [2.05, 4.69) is 10.3 Å². The lowest BCUT2D eigenvalue weighted by molar-refractivity contribution is -0.139. The van der Waals surface area contributed by atoms with Crippen LogP contribution < -0.4 is 5.32 Å². The number of fused-ring (bicyclic) bond motifs is 1. The minimum atomic E-state index is -0.867. The summed E-state index contributed by atoms with van der Waals surface area (Å²) in [6.07, 6.45) is 2.29. The first kappa shape index (κ1) is 14.4. The average molecular weight is 298 g/mol. The minimum absolute atomic E-state index is 0.396. The van der Waals surface area contributed by atoms with Crippen LogP contribution in [0.4, 0.5) is 0 Å². The molecule has 0 aliphatic carbocycles. The van der Waals surface area contributed by atoms with Gasteiger partial charge in [-0.2, -0.15) is 0 Å². The average Bonchev–Trinajstić information content (AvgIpc) is 3.10. The molecule has 2 aromatic heterocycles. The van der Waals surface area contributed by atoms with Crippen molar-refractivity contribution in [2.45, 2.75) is 25.9 Å². The third-order valence-corrected chi connectivity index (χ3v) is 3.72. The molecule has 2 heterocycles. The Morgan fingerprint density at radius 1 is 1.32 bits per heavy atom. The number of carbonyl (C=O) groups is 1. The Bertz CT molecular complexity index is 788. The van der Waals surface area contributed by atoms with E-state index in [-0.39, 0.29) is 0 Å². The van der Waals surface area contributed by atoms with E-state index in [0.717, 1.165) is 28.0 Å². The molecule has 0 radical (unpaired) electrons. The lowest BCUT2D eigenvalue weighted by Gasteiger charge is -2.13. The number of aromatic amines is 1. The fourth-order valence-electron chi connectivity index (χ4n) is 2.57. The van der Waals surface area contributed by atoms with Crippen LogP contribution in [0.1, 0.15) is 17.1 Å². The molecule has 3 aromatic rings. The van der Waals surface area contributed by atoms with Crippen LogP contribution in [0, 0.1) is 6.92 Å². The number of para-hydroxylation sites is 1. The normalized spacial score (nSPS) is 12.6. The number of furan rings is 1. The van der Waals surface area contributed by atoms with E-state index in [4.69, 9.17) is 4.42 Å². The second kappa shape index (κ2) is 6.07. The van der Waals surface area contributed by atoms with Crippen LogP contribution in [0.2, 0.25) is 0 Å². The largest absolute Gasteiger partial charge is 0.480 e. The quantitative estimate of drug-likeness (QED) is 0.654. The van der Waals surface area contributed by atoms with Crippen molar-refractivity contribution >= 4 is 16.9 Å². The van der Waals surface area contributed by atoms with Gasteiger partial charge in [-0.1, -0.05) is 18.2 Å². The minimum Gasteiger partial charge on any atom is -0.480 e. The first-order valence-electron chi connectivity index (χ1n) is 7.20. The molecule has 0 unspecified atom stereocenters. The van der Waals surface area contributed by atoms with Crippen molar-refractivity contribution < 1.29 is 14.3 Å². The highest BCUT2D eigenvalue weighted by Gasteiger charge is 2.19. The summed E-state index contributed by atoms with van der Waals surface area (Å²) in [5.41, 5.74) is 2.01. The smallest absolute Gasteiger partial charge is 0.321 e. The summed E-state index contributed by atoms with van der Waals surface area (Å²) < 4.78 is 5.46. The number of aliphatic carboxylic acids is 1. The maximum absolute atomic E-state index is 11.5. The van der Waals surface area contributed by atoms with Crippen LogP contribution in [0.3, 0.4) is 0 Å². The number of H-pyrrole nitrogens is 1. The van der Waals surface area contributed by atoms with Gasteiger partial charge >= 0.3 is 5.97 Å². The molecule has 0 spiro atoms. The van der Waals surface area contributed by atoms with Crippen LogP contribution in [0.25, 0.3) is 10.9 Å². The summed E-state index contributed by atoms with van der Waals surface area (Å²) in [6.45, 7) is 2.26. The molecule has 1 atom stereocenters. The van der Waals surface area contributed by atoms with E-state index in [1.54, 1.807) is 0 Å². The molecule has 0 aliphatic rings. The fraction of sp³-hybridized carbons (Fsp3) is 0.235. The molecule has 114 valence electrons. The maximum Gasteiger partial charge on any atom is 0.321 e. The molecule has 0 saturated carbocycles. The molecule has 5 heteroatoms. The Kier molecular flexibility index (Phi) is 3.98. The Labute approximate surface area is 128 Å². The number of hydrogen-bond donors (Lipinski definition) is 3. The highest BCUT2D eigenvalue weighted by molar-refractivity contribution is 5.84. The summed E-state index contributed by atoms with van der Waals surface area (Å²) in [4.78, 5) is 14.7. The highest BCUT2D eigenvalue weighted by Crippen LogP contribution is 2.19. The number of aromatic nitrogens is 1. The van der Waals surface area contributed by atoms with E-state index in [0.29, 0.717) is 13.0 Å². The van der Waals surface area contributed by atoms with Crippen molar-refractivity contribution in [3.8, 4) is 0 Å². The van der Waals surface area contributed by atoms with Gasteiger partial charge in [0.1, 0.15) is 17.6 Å². The van der Waals surface area contributed by atoms with Crippen molar-refractivity contribution in [3.05, 3.63) is 59.7 Å². The topological polar surface area (TPSA) is 78.3 Å². The molecule has 0 fully saturated rings. The lowest BCUT2D eigenvalue weighted by Crippen LogP contribution is -2.37. The number of aryl methyl sites for hydroxylation is 1. The predicted octanol–water partition coefficient (Wildman–Crippen LogP) is 2.85. The van der Waals surface area contributed by atoms with Gasteiger partial charge in [-0.3, -0.25) is 10.1 Å². The highest BCUT2D eigenvalue weighted by atomic mass is 16.4. The molecule has 1 aromatic carbocycles. The second-order valence-electron chi connectivity index (χ2n) is 5.35. The molecule has 0 bridgehead atoms. The van der Waals surface area contributed by atoms with Gasteiger partial charge in [-0.25, -0.2) is 0 Å². The van der Waals surface area contributed by atoms with Crippen LogP contribution in [-0.2, 0) is 17.8 Å². The second-order valence-corrected chi connectivity index (χ2v) is 5.35. The predicted molar refractivity (Wildman–Crippen MR) is 83.7 cm³/mol. The molecule has 5 nitrogen and oxygen atoms in total. The summed E-state index contributed by atoms with van der Waals surface area (Å²) in [5.74, 6) is 0.691. The van der Waals surface area contributed by atoms with Gasteiger partial charge in [-0.05, 0) is 30.7 Å².